The van der Waals surface area contributed by atoms with Crippen molar-refractivity contribution in [2.45, 2.75) is 19.6 Å². The molecular weight excluding hydrogens is 252 g/mol. The van der Waals surface area contributed by atoms with Gasteiger partial charge in [0.25, 0.3) is 0 Å². The van der Waals surface area contributed by atoms with E-state index in [1.54, 1.807) is 0 Å². The molecule has 0 aliphatic heterocycles. The van der Waals surface area contributed by atoms with Gasteiger partial charge in [-0.3, -0.25) is 0 Å². The van der Waals surface area contributed by atoms with Crippen molar-refractivity contribution in [3.05, 3.63) is 10.6 Å². The molecule has 0 radical (unpaired) electrons. The van der Waals surface area contributed by atoms with Gasteiger partial charge in [0.1, 0.15) is 6.07 Å². The summed E-state index contributed by atoms with van der Waals surface area (Å²) < 4.78 is 4.62. The summed E-state index contributed by atoms with van der Waals surface area (Å²) in [5, 5.41) is 9.72. The number of nitrogens with zero attached hydrogens (tertiary/aromatic N) is 2. The second-order valence-electron chi connectivity index (χ2n) is 4.90. The van der Waals surface area contributed by atoms with E-state index in [1.807, 2.05) is 24.3 Å². The molecule has 0 bridgehead atoms. The summed E-state index contributed by atoms with van der Waals surface area (Å²) in [6.45, 7) is 6.73. The van der Waals surface area contributed by atoms with Gasteiger partial charge in [-0.2, -0.15) is 5.26 Å². The van der Waals surface area contributed by atoms with Crippen LogP contribution in [0.15, 0.2) is 10.6 Å². The fraction of sp³-hybridized carbons (Fsp3) is 0.636. The molecule has 0 N–H and O–H groups in total. The van der Waals surface area contributed by atoms with Gasteiger partial charge in [-0.05, 0) is 6.26 Å². The number of ether oxygens (including phenoxy) is 1. The molecule has 0 unspecified atom stereocenters. The Kier molecular flexibility index (Phi) is 6.35. The van der Waals surface area contributed by atoms with Gasteiger partial charge in [-0.25, -0.2) is 4.79 Å². The number of carbonyl (C=O) groups excluding carboxylic acids is 1. The van der Waals surface area contributed by atoms with Crippen molar-refractivity contribution in [2.24, 2.45) is 0 Å². The summed E-state index contributed by atoms with van der Waals surface area (Å²) in [5.41, 5.74) is 0.0840. The van der Waals surface area contributed by atoms with E-state index >= 15 is 0 Å². The van der Waals surface area contributed by atoms with Crippen LogP contribution in [0.3, 0.4) is 0 Å². The van der Waals surface area contributed by atoms with Gasteiger partial charge in [0.05, 0.1) is 20.2 Å². The fourth-order valence-corrected chi connectivity index (χ4v) is 3.92. The van der Waals surface area contributed by atoms with Crippen LogP contribution < -0.4 is 0 Å². The number of esters is 1. The van der Waals surface area contributed by atoms with Crippen LogP contribution in [0.1, 0.15) is 0 Å². The first kappa shape index (κ1) is 16.1. The van der Waals surface area contributed by atoms with Gasteiger partial charge in [0.15, 0.2) is 5.57 Å². The Morgan fingerprint density at radius 2 is 2.00 bits per heavy atom. The summed E-state index contributed by atoms with van der Waals surface area (Å²) in [6, 6.07) is 1.93. The highest BCUT2D eigenvalue weighted by atomic mass is 32.2. The van der Waals surface area contributed by atoms with Crippen LogP contribution in [-0.4, -0.2) is 45.5 Å². The average Bonchev–Trinajstić information content (AvgIpc) is 2.21. The number of carbonyl (C=O) groups is 1. The first-order valence-electron chi connectivity index (χ1n) is 5.24. The normalized spacial score (nSPS) is 12.5. The summed E-state index contributed by atoms with van der Waals surface area (Å²) >= 11 is 1.40. The zero-order valence-corrected chi connectivity index (χ0v) is 13.1. The maximum atomic E-state index is 11.5. The maximum absolute atomic E-state index is 11.5. The lowest BCUT2D eigenvalue weighted by molar-refractivity contribution is -0.135. The Morgan fingerprint density at radius 3 is 2.29 bits per heavy atom. The highest BCUT2D eigenvalue weighted by Crippen LogP contribution is 2.22. The summed E-state index contributed by atoms with van der Waals surface area (Å²) in [7, 11) is 1.91. The Hall–Kier alpha value is -0.933. The molecule has 0 amide bonds. The van der Waals surface area contributed by atoms with Crippen molar-refractivity contribution >= 4 is 25.8 Å². The van der Waals surface area contributed by atoms with E-state index in [0.717, 1.165) is 6.17 Å². The molecule has 0 aromatic heterocycles. The number of nitriles is 1. The molecule has 6 heteroatoms. The molecule has 17 heavy (non-hydrogen) atoms. The third-order valence-corrected chi connectivity index (χ3v) is 4.29. The lowest BCUT2D eigenvalue weighted by Gasteiger charge is -2.28. The topological polar surface area (TPSA) is 53.3 Å². The molecule has 4 nitrogen and oxygen atoms in total. The molecule has 0 atom stereocenters. The van der Waals surface area contributed by atoms with E-state index in [9.17, 15) is 4.79 Å². The summed E-state index contributed by atoms with van der Waals surface area (Å²) in [5.74, 6) is -0.570. The van der Waals surface area contributed by atoms with Crippen molar-refractivity contribution in [1.29, 1.82) is 5.26 Å². The number of methoxy groups -OCH3 is 1. The molecule has 0 spiro atoms. The maximum Gasteiger partial charge on any atom is 0.351 e. The summed E-state index contributed by atoms with van der Waals surface area (Å²) in [4.78, 5) is 13.5. The van der Waals surface area contributed by atoms with Gasteiger partial charge < -0.3 is 9.64 Å². The van der Waals surface area contributed by atoms with Crippen LogP contribution in [-0.2, 0) is 9.53 Å². The standard InChI is InChI=1S/C11H20N2O2SSi/c1-13(8-17(4,5)6)10(16-3)9(7-12)11(14)15-2/h8H2,1-6H3/b10-9+. The van der Waals surface area contributed by atoms with Crippen LogP contribution in [0.5, 0.6) is 0 Å². The van der Waals surface area contributed by atoms with Crippen molar-refractivity contribution < 1.29 is 9.53 Å². The zero-order valence-electron chi connectivity index (χ0n) is 11.3. The minimum absolute atomic E-state index is 0.0840. The third-order valence-electron chi connectivity index (χ3n) is 1.97. The van der Waals surface area contributed by atoms with Crippen LogP contribution in [0.25, 0.3) is 0 Å². The minimum atomic E-state index is -1.29. The minimum Gasteiger partial charge on any atom is -0.465 e. The van der Waals surface area contributed by atoms with E-state index in [0.29, 0.717) is 5.03 Å². The van der Waals surface area contributed by atoms with E-state index in [2.05, 4.69) is 24.4 Å². The number of hydrogen-bond donors (Lipinski definition) is 0. The molecule has 0 fully saturated rings. The molecule has 0 aliphatic carbocycles. The van der Waals surface area contributed by atoms with Gasteiger partial charge in [0.2, 0.25) is 0 Å². The lowest BCUT2D eigenvalue weighted by Crippen LogP contribution is -2.37. The highest BCUT2D eigenvalue weighted by molar-refractivity contribution is 8.02. The smallest absolute Gasteiger partial charge is 0.351 e. The molecule has 96 valence electrons. The van der Waals surface area contributed by atoms with Crippen LogP contribution >= 0.6 is 11.8 Å². The third kappa shape index (κ3) is 5.28. The average molecular weight is 272 g/mol. The van der Waals surface area contributed by atoms with Crippen molar-refractivity contribution in [3.8, 4) is 6.07 Å². The van der Waals surface area contributed by atoms with Crippen LogP contribution in [0, 0.1) is 11.3 Å². The zero-order chi connectivity index (χ0) is 13.6. The van der Waals surface area contributed by atoms with Crippen LogP contribution in [0.4, 0.5) is 0 Å². The molecule has 0 aromatic rings. The largest absolute Gasteiger partial charge is 0.465 e. The van der Waals surface area contributed by atoms with E-state index < -0.39 is 14.0 Å². The SMILES string of the molecule is COC(=O)/C(C#N)=C(/SC)N(C)C[Si](C)(C)C. The van der Waals surface area contributed by atoms with Gasteiger partial charge in [-0.1, -0.05) is 19.6 Å². The first-order valence-corrected chi connectivity index (χ1v) is 10.2. The second-order valence-corrected chi connectivity index (χ2v) is 11.1. The summed E-state index contributed by atoms with van der Waals surface area (Å²) in [6.07, 6.45) is 2.75. The molecule has 0 aromatic carbocycles. The Morgan fingerprint density at radius 1 is 1.47 bits per heavy atom. The highest BCUT2D eigenvalue weighted by Gasteiger charge is 2.22. The molecule has 0 saturated heterocycles. The quantitative estimate of drug-likeness (QED) is 0.332. The number of rotatable bonds is 5. The molecule has 0 rings (SSSR count). The van der Waals surface area contributed by atoms with E-state index in [-0.39, 0.29) is 5.57 Å². The number of thioether (sulfide) groups is 1. The molecular formula is C11H20N2O2SSi. The second kappa shape index (κ2) is 6.72. The van der Waals surface area contributed by atoms with Gasteiger partial charge >= 0.3 is 5.97 Å². The van der Waals surface area contributed by atoms with Gasteiger partial charge in [-0.15, -0.1) is 11.8 Å². The lowest BCUT2D eigenvalue weighted by atomic mass is 10.3. The first-order chi connectivity index (χ1) is 7.76. The predicted octanol–water partition coefficient (Wildman–Crippen LogP) is 2.07. The van der Waals surface area contributed by atoms with Crippen LogP contribution in [0.2, 0.25) is 19.6 Å². The van der Waals surface area contributed by atoms with E-state index in [4.69, 9.17) is 5.26 Å². The van der Waals surface area contributed by atoms with E-state index in [1.165, 1.54) is 18.9 Å². The Balaban J connectivity index is 5.23. The number of hydrogen-bond acceptors (Lipinski definition) is 5. The van der Waals surface area contributed by atoms with Crippen molar-refractivity contribution in [3.63, 3.8) is 0 Å². The predicted molar refractivity (Wildman–Crippen MR) is 74.1 cm³/mol. The van der Waals surface area contributed by atoms with Crippen molar-refractivity contribution in [2.75, 3.05) is 26.6 Å². The van der Waals surface area contributed by atoms with Gasteiger partial charge in [0, 0.05) is 13.2 Å². The molecule has 0 aliphatic rings. The monoisotopic (exact) mass is 272 g/mol. The van der Waals surface area contributed by atoms with Crippen molar-refractivity contribution in [1.82, 2.24) is 4.90 Å². The Bertz CT molecular complexity index is 355. The Labute approximate surface area is 109 Å². The fourth-order valence-electron chi connectivity index (χ4n) is 1.51. The molecule has 0 heterocycles. The molecule has 0 saturated carbocycles.